The minimum Gasteiger partial charge on any atom is -0.497 e. The number of anilines is 1. The number of rotatable bonds is 6. The average Bonchev–Trinajstić information content (AvgIpc) is 3.23. The van der Waals surface area contributed by atoms with Crippen LogP contribution in [0, 0.1) is 0 Å². The standard InChI is InChI=1S/C25H23N3O2/c1-27(21-13-7-4-8-14-21)25(29)23-18-28(17-19-10-5-3-6-11-19)26-24(23)20-12-9-15-22(16-20)30-2/h3-16,18H,17H2,1-2H3. The molecule has 0 aliphatic rings. The molecule has 3 aromatic carbocycles. The number of hydrogen-bond acceptors (Lipinski definition) is 3. The van der Waals surface area contributed by atoms with Gasteiger partial charge in [-0.05, 0) is 29.8 Å². The maximum atomic E-state index is 13.4. The van der Waals surface area contributed by atoms with Gasteiger partial charge in [-0.1, -0.05) is 60.7 Å². The molecule has 1 heterocycles. The molecule has 0 aliphatic heterocycles. The van der Waals surface area contributed by atoms with E-state index in [1.54, 1.807) is 19.1 Å². The average molecular weight is 397 g/mol. The van der Waals surface area contributed by atoms with E-state index in [4.69, 9.17) is 9.84 Å². The van der Waals surface area contributed by atoms with E-state index in [1.807, 2.05) is 95.8 Å². The van der Waals surface area contributed by atoms with Gasteiger partial charge in [-0.25, -0.2) is 0 Å². The van der Waals surface area contributed by atoms with Gasteiger partial charge in [-0.15, -0.1) is 0 Å². The summed E-state index contributed by atoms with van der Waals surface area (Å²) >= 11 is 0. The van der Waals surface area contributed by atoms with Gasteiger partial charge in [0.15, 0.2) is 0 Å². The Labute approximate surface area is 176 Å². The molecule has 1 aromatic heterocycles. The first kappa shape index (κ1) is 19.5. The molecule has 0 radical (unpaired) electrons. The summed E-state index contributed by atoms with van der Waals surface area (Å²) in [6, 6.07) is 27.3. The zero-order chi connectivity index (χ0) is 20.9. The first-order valence-electron chi connectivity index (χ1n) is 9.74. The van der Waals surface area contributed by atoms with E-state index in [0.717, 1.165) is 22.6 Å². The van der Waals surface area contributed by atoms with Crippen LogP contribution in [0.2, 0.25) is 0 Å². The highest BCUT2D eigenvalue weighted by Gasteiger charge is 2.22. The van der Waals surface area contributed by atoms with Crippen molar-refractivity contribution in [1.82, 2.24) is 9.78 Å². The van der Waals surface area contributed by atoms with Crippen molar-refractivity contribution in [3.05, 3.63) is 102 Å². The van der Waals surface area contributed by atoms with Crippen LogP contribution < -0.4 is 9.64 Å². The minimum atomic E-state index is -0.113. The minimum absolute atomic E-state index is 0.113. The number of methoxy groups -OCH3 is 1. The highest BCUT2D eigenvalue weighted by molar-refractivity contribution is 6.09. The van der Waals surface area contributed by atoms with Crippen LogP contribution in [0.1, 0.15) is 15.9 Å². The molecule has 0 saturated heterocycles. The third kappa shape index (κ3) is 4.10. The first-order valence-corrected chi connectivity index (χ1v) is 9.74. The van der Waals surface area contributed by atoms with Gasteiger partial charge in [0.05, 0.1) is 19.2 Å². The fourth-order valence-corrected chi connectivity index (χ4v) is 3.36. The molecule has 5 nitrogen and oxygen atoms in total. The number of hydrogen-bond donors (Lipinski definition) is 0. The second-order valence-electron chi connectivity index (χ2n) is 7.01. The summed E-state index contributed by atoms with van der Waals surface area (Å²) in [6.45, 7) is 0.583. The van der Waals surface area contributed by atoms with E-state index in [2.05, 4.69) is 0 Å². The largest absolute Gasteiger partial charge is 0.497 e. The fourth-order valence-electron chi connectivity index (χ4n) is 3.36. The molecule has 30 heavy (non-hydrogen) atoms. The zero-order valence-electron chi connectivity index (χ0n) is 17.0. The van der Waals surface area contributed by atoms with Gasteiger partial charge in [0.2, 0.25) is 0 Å². The smallest absolute Gasteiger partial charge is 0.261 e. The van der Waals surface area contributed by atoms with Crippen molar-refractivity contribution in [3.8, 4) is 17.0 Å². The second kappa shape index (κ2) is 8.66. The van der Waals surface area contributed by atoms with E-state index in [1.165, 1.54) is 0 Å². The summed E-state index contributed by atoms with van der Waals surface area (Å²) < 4.78 is 7.18. The molecule has 0 N–H and O–H groups in total. The number of carbonyl (C=O) groups excluding carboxylic acids is 1. The molecule has 150 valence electrons. The Morgan fingerprint density at radius 2 is 1.67 bits per heavy atom. The highest BCUT2D eigenvalue weighted by Crippen LogP contribution is 2.28. The highest BCUT2D eigenvalue weighted by atomic mass is 16.5. The first-order chi connectivity index (χ1) is 14.7. The topological polar surface area (TPSA) is 47.4 Å². The Balaban J connectivity index is 1.75. The van der Waals surface area contributed by atoms with E-state index >= 15 is 0 Å². The molecule has 0 atom stereocenters. The van der Waals surface area contributed by atoms with Crippen molar-refractivity contribution >= 4 is 11.6 Å². The van der Waals surface area contributed by atoms with Gasteiger partial charge < -0.3 is 9.64 Å². The van der Waals surface area contributed by atoms with E-state index in [0.29, 0.717) is 17.8 Å². The van der Waals surface area contributed by atoms with E-state index in [-0.39, 0.29) is 5.91 Å². The van der Waals surface area contributed by atoms with Crippen LogP contribution in [0.25, 0.3) is 11.3 Å². The molecular weight excluding hydrogens is 374 g/mol. The van der Waals surface area contributed by atoms with Gasteiger partial charge in [0.25, 0.3) is 5.91 Å². The van der Waals surface area contributed by atoms with Crippen LogP contribution in [0.4, 0.5) is 5.69 Å². The number of nitrogens with zero attached hydrogens (tertiary/aromatic N) is 3. The molecule has 5 heteroatoms. The quantitative estimate of drug-likeness (QED) is 0.466. The fraction of sp³-hybridized carbons (Fsp3) is 0.120. The third-order valence-corrected chi connectivity index (χ3v) is 4.97. The lowest BCUT2D eigenvalue weighted by molar-refractivity contribution is 0.0993. The van der Waals surface area contributed by atoms with E-state index in [9.17, 15) is 4.79 Å². The summed E-state index contributed by atoms with van der Waals surface area (Å²) in [6.07, 6.45) is 1.82. The van der Waals surface area contributed by atoms with Gasteiger partial charge in [-0.3, -0.25) is 9.48 Å². The van der Waals surface area contributed by atoms with Crippen LogP contribution in [0.15, 0.2) is 91.1 Å². The van der Waals surface area contributed by atoms with Crippen molar-refractivity contribution in [2.75, 3.05) is 19.1 Å². The summed E-state index contributed by atoms with van der Waals surface area (Å²) in [5.41, 5.74) is 3.97. The number of carbonyl (C=O) groups is 1. The normalized spacial score (nSPS) is 10.6. The summed E-state index contributed by atoms with van der Waals surface area (Å²) in [7, 11) is 3.41. The molecule has 1 amide bonds. The van der Waals surface area contributed by atoms with Crippen LogP contribution in [-0.4, -0.2) is 29.8 Å². The Morgan fingerprint density at radius 3 is 2.37 bits per heavy atom. The third-order valence-electron chi connectivity index (χ3n) is 4.97. The van der Waals surface area contributed by atoms with Crippen molar-refractivity contribution in [3.63, 3.8) is 0 Å². The number of benzene rings is 3. The van der Waals surface area contributed by atoms with Crippen molar-refractivity contribution < 1.29 is 9.53 Å². The molecular formula is C25H23N3O2. The summed E-state index contributed by atoms with van der Waals surface area (Å²) in [5, 5.41) is 4.76. The van der Waals surface area contributed by atoms with Crippen LogP contribution in [0.5, 0.6) is 5.75 Å². The lowest BCUT2D eigenvalue weighted by Gasteiger charge is -2.17. The lowest BCUT2D eigenvalue weighted by Crippen LogP contribution is -2.26. The maximum absolute atomic E-state index is 13.4. The van der Waals surface area contributed by atoms with Gasteiger partial charge in [-0.2, -0.15) is 5.10 Å². The Morgan fingerprint density at radius 1 is 0.967 bits per heavy atom. The Hall–Kier alpha value is -3.86. The van der Waals surface area contributed by atoms with Crippen LogP contribution >= 0.6 is 0 Å². The number of aromatic nitrogens is 2. The molecule has 4 aromatic rings. The summed E-state index contributed by atoms with van der Waals surface area (Å²) in [4.78, 5) is 15.0. The monoisotopic (exact) mass is 397 g/mol. The molecule has 0 fully saturated rings. The maximum Gasteiger partial charge on any atom is 0.261 e. The molecule has 4 rings (SSSR count). The van der Waals surface area contributed by atoms with E-state index < -0.39 is 0 Å². The lowest BCUT2D eigenvalue weighted by atomic mass is 10.1. The molecule has 0 bridgehead atoms. The Kier molecular flexibility index (Phi) is 5.61. The second-order valence-corrected chi connectivity index (χ2v) is 7.01. The van der Waals surface area contributed by atoms with Gasteiger partial charge in [0, 0.05) is 24.5 Å². The van der Waals surface area contributed by atoms with Gasteiger partial charge >= 0.3 is 0 Å². The van der Waals surface area contributed by atoms with Crippen molar-refractivity contribution in [1.29, 1.82) is 0 Å². The molecule has 0 saturated carbocycles. The number of para-hydroxylation sites is 1. The SMILES string of the molecule is COc1cccc(-c2nn(Cc3ccccc3)cc2C(=O)N(C)c2ccccc2)c1. The number of ether oxygens (including phenoxy) is 1. The molecule has 0 spiro atoms. The zero-order valence-corrected chi connectivity index (χ0v) is 17.0. The summed E-state index contributed by atoms with van der Waals surface area (Å²) in [5.74, 6) is 0.609. The molecule has 0 aliphatic carbocycles. The number of amides is 1. The van der Waals surface area contributed by atoms with Gasteiger partial charge in [0.1, 0.15) is 11.4 Å². The van der Waals surface area contributed by atoms with Crippen LogP contribution in [0.3, 0.4) is 0 Å². The van der Waals surface area contributed by atoms with Crippen LogP contribution in [-0.2, 0) is 6.54 Å². The predicted octanol–water partition coefficient (Wildman–Crippen LogP) is 4.88. The molecule has 0 unspecified atom stereocenters. The predicted molar refractivity (Wildman–Crippen MR) is 119 cm³/mol. The van der Waals surface area contributed by atoms with Crippen molar-refractivity contribution in [2.45, 2.75) is 6.54 Å². The Bertz CT molecular complexity index is 1140. The van der Waals surface area contributed by atoms with Crippen molar-refractivity contribution in [2.24, 2.45) is 0 Å².